The number of aromatic nitrogens is 1. The van der Waals surface area contributed by atoms with Crippen molar-refractivity contribution < 1.29 is 23.0 Å². The van der Waals surface area contributed by atoms with E-state index < -0.39 is 17.8 Å². The van der Waals surface area contributed by atoms with Crippen LogP contribution in [0.25, 0.3) is 11.1 Å². The van der Waals surface area contributed by atoms with Crippen molar-refractivity contribution in [2.24, 2.45) is 0 Å². The molecule has 2 aromatic carbocycles. The van der Waals surface area contributed by atoms with Crippen LogP contribution in [0, 0.1) is 0 Å². The quantitative estimate of drug-likeness (QED) is 0.436. The fourth-order valence-electron chi connectivity index (χ4n) is 4.07. The van der Waals surface area contributed by atoms with Crippen LogP contribution in [0.15, 0.2) is 42.5 Å². The second-order valence-electron chi connectivity index (χ2n) is 8.29. The van der Waals surface area contributed by atoms with Crippen molar-refractivity contribution in [3.05, 3.63) is 58.6 Å². The number of hydrogen-bond donors (Lipinski definition) is 2. The largest absolute Gasteiger partial charge is 0.488 e. The smallest absolute Gasteiger partial charge is 0.416 e. The van der Waals surface area contributed by atoms with Gasteiger partial charge in [-0.25, -0.2) is 4.98 Å². The number of thiazole rings is 1. The summed E-state index contributed by atoms with van der Waals surface area (Å²) in [5.41, 5.74) is 1.75. The zero-order valence-electron chi connectivity index (χ0n) is 17.3. The first-order chi connectivity index (χ1) is 15.4. The molecule has 2 N–H and O–H groups in total. The van der Waals surface area contributed by atoms with Gasteiger partial charge in [0.25, 0.3) is 0 Å². The number of anilines is 2. The molecule has 32 heavy (non-hydrogen) atoms. The molecule has 1 atom stereocenters. The number of hydrogen-bond acceptors (Lipinski definition) is 5. The van der Waals surface area contributed by atoms with E-state index in [1.54, 1.807) is 18.2 Å². The van der Waals surface area contributed by atoms with Gasteiger partial charge < -0.3 is 15.2 Å². The van der Waals surface area contributed by atoms with Crippen LogP contribution in [-0.4, -0.2) is 16.2 Å². The number of rotatable bonds is 5. The van der Waals surface area contributed by atoms with Crippen molar-refractivity contribution in [3.8, 4) is 16.9 Å². The summed E-state index contributed by atoms with van der Waals surface area (Å²) in [4.78, 5) is 5.65. The molecule has 4 nitrogen and oxygen atoms in total. The minimum absolute atomic E-state index is 0.0498. The second-order valence-corrected chi connectivity index (χ2v) is 9.38. The van der Waals surface area contributed by atoms with Crippen LogP contribution in [-0.2, 0) is 12.6 Å². The van der Waals surface area contributed by atoms with Crippen molar-refractivity contribution in [3.63, 3.8) is 0 Å². The Bertz CT molecular complexity index is 1120. The predicted octanol–water partition coefficient (Wildman–Crippen LogP) is 6.87. The van der Waals surface area contributed by atoms with Crippen molar-refractivity contribution in [1.82, 2.24) is 4.98 Å². The summed E-state index contributed by atoms with van der Waals surface area (Å²) in [5.74, 6) is 0.533. The lowest BCUT2D eigenvalue weighted by atomic mass is 9.95. The molecule has 2 aliphatic carbocycles. The molecule has 1 unspecified atom stereocenters. The van der Waals surface area contributed by atoms with Crippen molar-refractivity contribution in [2.75, 3.05) is 5.32 Å². The maximum atomic E-state index is 13.3. The molecule has 1 saturated carbocycles. The Morgan fingerprint density at radius 3 is 2.59 bits per heavy atom. The Kier molecular flexibility index (Phi) is 5.59. The van der Waals surface area contributed by atoms with Crippen LogP contribution in [0.5, 0.6) is 5.75 Å². The molecule has 0 aliphatic heterocycles. The summed E-state index contributed by atoms with van der Waals surface area (Å²) in [6, 6.07) is 10.7. The average molecular weight is 461 g/mol. The molecule has 0 saturated heterocycles. The first-order valence-electron chi connectivity index (χ1n) is 10.8. The van der Waals surface area contributed by atoms with E-state index in [0.717, 1.165) is 54.8 Å². The van der Waals surface area contributed by atoms with Crippen molar-refractivity contribution >= 4 is 22.2 Å². The second kappa shape index (κ2) is 8.41. The number of ether oxygens (including phenoxy) is 1. The van der Waals surface area contributed by atoms with E-state index in [2.05, 4.69) is 10.3 Å². The van der Waals surface area contributed by atoms with Gasteiger partial charge in [0.1, 0.15) is 0 Å². The highest BCUT2D eigenvalue weighted by molar-refractivity contribution is 7.15. The normalized spacial score (nSPS) is 18.7. The van der Waals surface area contributed by atoms with Crippen LogP contribution in [0.2, 0.25) is 0 Å². The Morgan fingerprint density at radius 2 is 1.88 bits per heavy atom. The highest BCUT2D eigenvalue weighted by atomic mass is 32.1. The number of halogens is 3. The molecule has 3 aromatic rings. The number of benzene rings is 2. The van der Waals surface area contributed by atoms with Gasteiger partial charge >= 0.3 is 6.18 Å². The summed E-state index contributed by atoms with van der Waals surface area (Å²) >= 11 is 1.50. The monoisotopic (exact) mass is 460 g/mol. The van der Waals surface area contributed by atoms with Crippen LogP contribution in [0.1, 0.15) is 54.3 Å². The van der Waals surface area contributed by atoms with E-state index >= 15 is 0 Å². The summed E-state index contributed by atoms with van der Waals surface area (Å²) in [6.45, 7) is 0. The van der Waals surface area contributed by atoms with Gasteiger partial charge in [0.2, 0.25) is 0 Å². The zero-order valence-corrected chi connectivity index (χ0v) is 18.1. The first-order valence-corrected chi connectivity index (χ1v) is 11.6. The zero-order chi connectivity index (χ0) is 22.3. The predicted molar refractivity (Wildman–Crippen MR) is 118 cm³/mol. The maximum Gasteiger partial charge on any atom is 0.416 e. The Labute approximate surface area is 188 Å². The maximum absolute atomic E-state index is 13.3. The molecule has 0 amide bonds. The number of alkyl halides is 3. The topological polar surface area (TPSA) is 54.4 Å². The molecule has 5 rings (SSSR count). The lowest BCUT2D eigenvalue weighted by Crippen LogP contribution is -2.25. The van der Waals surface area contributed by atoms with Crippen LogP contribution in [0.4, 0.5) is 24.0 Å². The van der Waals surface area contributed by atoms with E-state index in [9.17, 15) is 18.3 Å². The van der Waals surface area contributed by atoms with Gasteiger partial charge in [-0.3, -0.25) is 0 Å². The van der Waals surface area contributed by atoms with E-state index in [0.29, 0.717) is 34.1 Å². The minimum Gasteiger partial charge on any atom is -0.488 e. The number of nitrogens with zero attached hydrogens (tertiary/aromatic N) is 1. The molecule has 2 aliphatic rings. The standard InChI is InChI=1S/C24H23F3N2O2S/c25-24(26,27)15-6-1-5-14(13-15)17-9-3-10-18(22(17)31-16-7-2-8-16)28-23-29-21-19(30)11-4-12-20(21)32-23/h1,3,5-6,9-10,13,16,19,30H,2,4,7-8,11-12H2,(H,28,29). The van der Waals surface area contributed by atoms with Gasteiger partial charge in [0.15, 0.2) is 10.9 Å². The van der Waals surface area contributed by atoms with E-state index in [-0.39, 0.29) is 6.10 Å². The molecular formula is C24H23F3N2O2S. The first kappa shape index (κ1) is 21.3. The number of aliphatic hydroxyl groups is 1. The molecule has 0 bridgehead atoms. The molecule has 1 heterocycles. The number of aliphatic hydroxyl groups excluding tert-OH is 1. The van der Waals surface area contributed by atoms with E-state index in [1.807, 2.05) is 6.07 Å². The molecule has 0 radical (unpaired) electrons. The highest BCUT2D eigenvalue weighted by Crippen LogP contribution is 2.43. The third-order valence-corrected chi connectivity index (χ3v) is 7.07. The molecule has 0 spiro atoms. The van der Waals surface area contributed by atoms with Crippen LogP contribution in [0.3, 0.4) is 0 Å². The lowest BCUT2D eigenvalue weighted by Gasteiger charge is -2.29. The van der Waals surface area contributed by atoms with Crippen LogP contribution < -0.4 is 10.1 Å². The van der Waals surface area contributed by atoms with Gasteiger partial charge in [-0.2, -0.15) is 13.2 Å². The third-order valence-electron chi connectivity index (χ3n) is 6.02. The number of aryl methyl sites for hydroxylation is 1. The summed E-state index contributed by atoms with van der Waals surface area (Å²) in [7, 11) is 0. The van der Waals surface area contributed by atoms with Gasteiger partial charge in [-0.15, -0.1) is 11.3 Å². The molecule has 1 aromatic heterocycles. The van der Waals surface area contributed by atoms with E-state index in [1.165, 1.54) is 17.4 Å². The summed E-state index contributed by atoms with van der Waals surface area (Å²) in [6.07, 6.45) is 0.539. The van der Waals surface area contributed by atoms with Crippen molar-refractivity contribution in [2.45, 2.75) is 56.9 Å². The van der Waals surface area contributed by atoms with Crippen LogP contribution >= 0.6 is 11.3 Å². The van der Waals surface area contributed by atoms with Gasteiger partial charge in [0.05, 0.1) is 29.2 Å². The molecule has 8 heteroatoms. The van der Waals surface area contributed by atoms with Crippen molar-refractivity contribution in [1.29, 1.82) is 0 Å². The summed E-state index contributed by atoms with van der Waals surface area (Å²) < 4.78 is 46.2. The number of fused-ring (bicyclic) bond motifs is 1. The number of nitrogens with one attached hydrogen (secondary N) is 1. The molecular weight excluding hydrogens is 437 g/mol. The Balaban J connectivity index is 1.53. The van der Waals surface area contributed by atoms with Gasteiger partial charge in [0, 0.05) is 10.4 Å². The minimum atomic E-state index is -4.42. The van der Waals surface area contributed by atoms with Gasteiger partial charge in [-0.1, -0.05) is 24.3 Å². The molecule has 1 fully saturated rings. The number of para-hydroxylation sites is 1. The van der Waals surface area contributed by atoms with E-state index in [4.69, 9.17) is 4.74 Å². The summed E-state index contributed by atoms with van der Waals surface area (Å²) in [5, 5.41) is 14.2. The fraction of sp³-hybridized carbons (Fsp3) is 0.375. The fourth-order valence-corrected chi connectivity index (χ4v) is 5.14. The van der Waals surface area contributed by atoms with Gasteiger partial charge in [-0.05, 0) is 62.3 Å². The third kappa shape index (κ3) is 4.21. The Hall–Kier alpha value is -2.58. The average Bonchev–Trinajstić information content (AvgIpc) is 3.15. The molecule has 168 valence electrons. The lowest BCUT2D eigenvalue weighted by molar-refractivity contribution is -0.137. The highest BCUT2D eigenvalue weighted by Gasteiger charge is 2.31. The SMILES string of the molecule is OC1CCCc2sc(Nc3cccc(-c4cccc(C(F)(F)F)c4)c3OC3CCC3)nc21. The Morgan fingerprint density at radius 1 is 1.06 bits per heavy atom.